The van der Waals surface area contributed by atoms with Crippen LogP contribution in [0.15, 0.2) is 35.2 Å². The Morgan fingerprint density at radius 2 is 2.07 bits per heavy atom. The minimum absolute atomic E-state index is 0.760. The summed E-state index contributed by atoms with van der Waals surface area (Å²) in [5.41, 5.74) is 0. The number of hydrogen-bond acceptors (Lipinski definition) is 2. The molecule has 2 rings (SSSR count). The summed E-state index contributed by atoms with van der Waals surface area (Å²) in [6.07, 6.45) is 4.03. The highest BCUT2D eigenvalue weighted by atomic mass is 32.2. The first kappa shape index (κ1) is 11.0. The van der Waals surface area contributed by atoms with Gasteiger partial charge in [-0.25, -0.2) is 0 Å². The predicted octanol–water partition coefficient (Wildman–Crippen LogP) is 3.31. The summed E-state index contributed by atoms with van der Waals surface area (Å²) in [5.74, 6) is 0. The van der Waals surface area contributed by atoms with Crippen LogP contribution in [0.2, 0.25) is 0 Å². The van der Waals surface area contributed by atoms with Crippen LogP contribution in [0.3, 0.4) is 0 Å². The largest absolute Gasteiger partial charge is 0.314 e. The molecule has 1 aliphatic carbocycles. The Bertz CT molecular complexity index is 286. The lowest BCUT2D eigenvalue weighted by Gasteiger charge is -2.11. The molecule has 0 aromatic heterocycles. The van der Waals surface area contributed by atoms with Crippen LogP contribution in [0, 0.1) is 0 Å². The topological polar surface area (TPSA) is 12.0 Å². The molecule has 0 saturated heterocycles. The molecule has 1 N–H and O–H groups in total. The number of rotatable bonds is 4. The van der Waals surface area contributed by atoms with Gasteiger partial charge in [0.05, 0.1) is 0 Å². The first-order chi connectivity index (χ1) is 7.38. The SMILES string of the molecule is CCNC1CCC(Sc2ccccc2)C1. The number of nitrogens with one attached hydrogen (secondary N) is 1. The van der Waals surface area contributed by atoms with E-state index in [0.717, 1.165) is 17.8 Å². The van der Waals surface area contributed by atoms with Gasteiger partial charge >= 0.3 is 0 Å². The van der Waals surface area contributed by atoms with Gasteiger partial charge in [0.2, 0.25) is 0 Å². The van der Waals surface area contributed by atoms with E-state index in [2.05, 4.69) is 42.6 Å². The maximum atomic E-state index is 3.55. The molecule has 0 heterocycles. The Morgan fingerprint density at radius 1 is 1.27 bits per heavy atom. The van der Waals surface area contributed by atoms with Crippen LogP contribution in [0.4, 0.5) is 0 Å². The minimum atomic E-state index is 0.760. The van der Waals surface area contributed by atoms with E-state index in [0.29, 0.717) is 0 Å². The second-order valence-corrected chi connectivity index (χ2v) is 5.49. The molecular formula is C13H19NS. The Labute approximate surface area is 96.7 Å². The fourth-order valence-electron chi connectivity index (χ4n) is 2.21. The minimum Gasteiger partial charge on any atom is -0.314 e. The van der Waals surface area contributed by atoms with E-state index in [-0.39, 0.29) is 0 Å². The van der Waals surface area contributed by atoms with Gasteiger partial charge in [0, 0.05) is 16.2 Å². The molecule has 2 atom stereocenters. The first-order valence-electron chi connectivity index (χ1n) is 5.83. The maximum Gasteiger partial charge on any atom is 0.0110 e. The van der Waals surface area contributed by atoms with Crippen LogP contribution in [0.1, 0.15) is 26.2 Å². The molecule has 1 nitrogen and oxygen atoms in total. The van der Waals surface area contributed by atoms with Gasteiger partial charge in [0.1, 0.15) is 0 Å². The van der Waals surface area contributed by atoms with Crippen molar-refractivity contribution in [3.63, 3.8) is 0 Å². The summed E-state index contributed by atoms with van der Waals surface area (Å²) in [6, 6.07) is 11.5. The zero-order chi connectivity index (χ0) is 10.5. The highest BCUT2D eigenvalue weighted by molar-refractivity contribution is 8.00. The molecule has 2 unspecified atom stereocenters. The highest BCUT2D eigenvalue weighted by Gasteiger charge is 2.24. The first-order valence-corrected chi connectivity index (χ1v) is 6.71. The smallest absolute Gasteiger partial charge is 0.0110 e. The summed E-state index contributed by atoms with van der Waals surface area (Å²) in [7, 11) is 0. The molecule has 82 valence electrons. The molecule has 1 aromatic rings. The molecule has 1 saturated carbocycles. The van der Waals surface area contributed by atoms with Crippen LogP contribution in [-0.4, -0.2) is 17.8 Å². The zero-order valence-corrected chi connectivity index (χ0v) is 10.1. The van der Waals surface area contributed by atoms with Gasteiger partial charge in [0.15, 0.2) is 0 Å². The third-order valence-corrected chi connectivity index (χ3v) is 4.23. The number of hydrogen-bond donors (Lipinski definition) is 1. The van der Waals surface area contributed by atoms with Crippen molar-refractivity contribution in [2.45, 2.75) is 42.4 Å². The van der Waals surface area contributed by atoms with E-state index in [1.165, 1.54) is 24.2 Å². The van der Waals surface area contributed by atoms with Crippen molar-refractivity contribution in [1.82, 2.24) is 5.32 Å². The van der Waals surface area contributed by atoms with Gasteiger partial charge in [-0.2, -0.15) is 0 Å². The quantitative estimate of drug-likeness (QED) is 0.837. The van der Waals surface area contributed by atoms with Crippen LogP contribution in [-0.2, 0) is 0 Å². The van der Waals surface area contributed by atoms with Crippen molar-refractivity contribution in [2.24, 2.45) is 0 Å². The Kier molecular flexibility index (Phi) is 4.09. The van der Waals surface area contributed by atoms with Gasteiger partial charge in [-0.15, -0.1) is 11.8 Å². The van der Waals surface area contributed by atoms with Crippen molar-refractivity contribution in [3.8, 4) is 0 Å². The van der Waals surface area contributed by atoms with E-state index in [1.807, 2.05) is 11.8 Å². The van der Waals surface area contributed by atoms with E-state index < -0.39 is 0 Å². The molecule has 0 radical (unpaired) electrons. The normalized spacial score (nSPS) is 25.7. The summed E-state index contributed by atoms with van der Waals surface area (Å²) in [6.45, 7) is 3.30. The lowest BCUT2D eigenvalue weighted by molar-refractivity contribution is 0.543. The second kappa shape index (κ2) is 5.57. The predicted molar refractivity (Wildman–Crippen MR) is 67.4 cm³/mol. The molecule has 0 spiro atoms. The summed E-state index contributed by atoms with van der Waals surface area (Å²) in [4.78, 5) is 1.42. The van der Waals surface area contributed by atoms with Crippen LogP contribution in [0.25, 0.3) is 0 Å². The fourth-order valence-corrected chi connectivity index (χ4v) is 3.49. The summed E-state index contributed by atoms with van der Waals surface area (Å²) < 4.78 is 0. The van der Waals surface area contributed by atoms with E-state index in [1.54, 1.807) is 0 Å². The monoisotopic (exact) mass is 221 g/mol. The molecule has 2 heteroatoms. The van der Waals surface area contributed by atoms with E-state index >= 15 is 0 Å². The van der Waals surface area contributed by atoms with Crippen molar-refractivity contribution in [1.29, 1.82) is 0 Å². The molecule has 15 heavy (non-hydrogen) atoms. The van der Waals surface area contributed by atoms with E-state index in [9.17, 15) is 0 Å². The van der Waals surface area contributed by atoms with Gasteiger partial charge in [-0.05, 0) is 37.9 Å². The molecule has 0 bridgehead atoms. The van der Waals surface area contributed by atoms with Gasteiger partial charge in [-0.1, -0.05) is 25.1 Å². The standard InChI is InChI=1S/C13H19NS/c1-2-14-11-8-9-13(10-11)15-12-6-4-3-5-7-12/h3-7,11,13-14H,2,8-10H2,1H3. The van der Waals surface area contributed by atoms with Gasteiger partial charge in [0.25, 0.3) is 0 Å². The Morgan fingerprint density at radius 3 is 2.80 bits per heavy atom. The van der Waals surface area contributed by atoms with Crippen molar-refractivity contribution < 1.29 is 0 Å². The lowest BCUT2D eigenvalue weighted by Crippen LogP contribution is -2.25. The van der Waals surface area contributed by atoms with Crippen LogP contribution >= 0.6 is 11.8 Å². The van der Waals surface area contributed by atoms with Crippen LogP contribution in [0.5, 0.6) is 0 Å². The number of benzene rings is 1. The van der Waals surface area contributed by atoms with Crippen LogP contribution < -0.4 is 5.32 Å². The third kappa shape index (κ3) is 3.25. The van der Waals surface area contributed by atoms with E-state index in [4.69, 9.17) is 0 Å². The molecular weight excluding hydrogens is 202 g/mol. The molecule has 1 fully saturated rings. The van der Waals surface area contributed by atoms with Gasteiger partial charge in [-0.3, -0.25) is 0 Å². The zero-order valence-electron chi connectivity index (χ0n) is 9.28. The van der Waals surface area contributed by atoms with Crippen molar-refractivity contribution in [3.05, 3.63) is 30.3 Å². The Hall–Kier alpha value is -0.470. The number of thioether (sulfide) groups is 1. The lowest BCUT2D eigenvalue weighted by atomic mass is 10.2. The molecule has 0 aliphatic heterocycles. The molecule has 0 amide bonds. The molecule has 1 aliphatic rings. The van der Waals surface area contributed by atoms with Crippen molar-refractivity contribution in [2.75, 3.05) is 6.54 Å². The van der Waals surface area contributed by atoms with Gasteiger partial charge < -0.3 is 5.32 Å². The maximum absolute atomic E-state index is 3.55. The third-order valence-electron chi connectivity index (χ3n) is 2.92. The second-order valence-electron chi connectivity index (χ2n) is 4.12. The summed E-state index contributed by atoms with van der Waals surface area (Å²) in [5, 5.41) is 4.36. The fraction of sp³-hybridized carbons (Fsp3) is 0.538. The van der Waals surface area contributed by atoms with Crippen molar-refractivity contribution >= 4 is 11.8 Å². The summed E-state index contributed by atoms with van der Waals surface area (Å²) >= 11 is 2.04. The highest BCUT2D eigenvalue weighted by Crippen LogP contribution is 2.34. The molecule has 1 aromatic carbocycles. The average molecular weight is 221 g/mol. The average Bonchev–Trinajstić information content (AvgIpc) is 2.68. The Balaban J connectivity index is 1.82.